The highest BCUT2D eigenvalue weighted by Gasteiger charge is 2.37. The maximum atomic E-state index is 13.7. The lowest BCUT2D eigenvalue weighted by atomic mass is 9.94. The number of rotatable bonds is 10. The number of hydrogen-bond donors (Lipinski definition) is 1. The summed E-state index contributed by atoms with van der Waals surface area (Å²) >= 11 is 0. The number of ether oxygens (including phenoxy) is 2. The van der Waals surface area contributed by atoms with Crippen LogP contribution in [0.15, 0.2) is 106 Å². The highest BCUT2D eigenvalue weighted by Crippen LogP contribution is 2.39. The van der Waals surface area contributed by atoms with E-state index in [1.807, 2.05) is 54.6 Å². The lowest BCUT2D eigenvalue weighted by molar-refractivity contribution is -0.0284. The third-order valence-corrected chi connectivity index (χ3v) is 10.9. The molecule has 1 aromatic heterocycles. The number of aryl methyl sites for hydroxylation is 1. The first-order chi connectivity index (χ1) is 21.8. The highest BCUT2D eigenvalue weighted by molar-refractivity contribution is 7.91. The Morgan fingerprint density at radius 3 is 2.36 bits per heavy atom. The molecule has 1 aliphatic heterocycles. The normalized spacial score (nSPS) is 18.7. The standard InChI is InChI=1S/C36H34N2O6S/c1-23-21-38(36(40)37-35(23)39)32-20-27(30(44-32)22-43-28-11-3-2-4-12-28)8-5-6-19-45(41,42)31-18-16-26-14-13-24-9-7-10-25-15-17-29(31)34(26)33(24)25/h2-4,7,9-18,21,27,30,32H,5-6,8,19-20,22H2,1H3,(H,37,39,40)/t27-,30?,32-/m1/s1. The summed E-state index contributed by atoms with van der Waals surface area (Å²) in [6.07, 6.45) is 3.11. The Bertz CT molecular complexity index is 2210. The van der Waals surface area contributed by atoms with Gasteiger partial charge in [0.2, 0.25) is 0 Å². The molecule has 1 N–H and O–H groups in total. The number of aromatic nitrogens is 2. The third kappa shape index (κ3) is 5.62. The van der Waals surface area contributed by atoms with Crippen LogP contribution in [0.3, 0.4) is 0 Å². The van der Waals surface area contributed by atoms with Crippen LogP contribution in [0.5, 0.6) is 5.75 Å². The quantitative estimate of drug-likeness (QED) is 0.141. The molecule has 0 aliphatic carbocycles. The molecule has 5 aromatic carbocycles. The van der Waals surface area contributed by atoms with E-state index in [1.165, 1.54) is 10.8 Å². The Labute approximate surface area is 260 Å². The SMILES string of the molecule is Cc1cn([C@H]2C[C@@H](CCCCS(=O)(=O)c3ccc4ccc5cccc6ccc3c4c56)C(COc3ccccc3)O2)c(=O)[nH]c1=O. The molecule has 0 bridgehead atoms. The average Bonchev–Trinajstić information content (AvgIpc) is 3.45. The summed E-state index contributed by atoms with van der Waals surface area (Å²) in [6.45, 7) is 1.95. The Kier molecular flexibility index (Phi) is 7.67. The monoisotopic (exact) mass is 622 g/mol. The number of para-hydroxylation sites is 1. The number of H-pyrrole nitrogens is 1. The second kappa shape index (κ2) is 11.8. The van der Waals surface area contributed by atoms with Gasteiger partial charge in [0.05, 0.1) is 16.8 Å². The van der Waals surface area contributed by atoms with Crippen LogP contribution in [-0.2, 0) is 14.6 Å². The van der Waals surface area contributed by atoms with E-state index in [9.17, 15) is 18.0 Å². The zero-order valence-corrected chi connectivity index (χ0v) is 25.8. The predicted octanol–water partition coefficient (Wildman–Crippen LogP) is 6.37. The molecule has 0 amide bonds. The molecule has 2 heterocycles. The zero-order chi connectivity index (χ0) is 31.1. The predicted molar refractivity (Wildman–Crippen MR) is 176 cm³/mol. The summed E-state index contributed by atoms with van der Waals surface area (Å²) in [5.41, 5.74) is -0.505. The van der Waals surface area contributed by atoms with E-state index in [1.54, 1.807) is 13.0 Å². The van der Waals surface area contributed by atoms with Gasteiger partial charge in [-0.25, -0.2) is 13.2 Å². The molecule has 0 saturated carbocycles. The van der Waals surface area contributed by atoms with Gasteiger partial charge in [-0.05, 0) is 77.2 Å². The van der Waals surface area contributed by atoms with Crippen LogP contribution in [0.2, 0.25) is 0 Å². The summed E-state index contributed by atoms with van der Waals surface area (Å²) in [7, 11) is -3.54. The van der Waals surface area contributed by atoms with Gasteiger partial charge in [-0.2, -0.15) is 0 Å². The number of hydrogen-bond acceptors (Lipinski definition) is 6. The van der Waals surface area contributed by atoms with Gasteiger partial charge in [0.15, 0.2) is 9.84 Å². The zero-order valence-electron chi connectivity index (χ0n) is 24.9. The molecular weight excluding hydrogens is 588 g/mol. The molecule has 0 radical (unpaired) electrons. The lowest BCUT2D eigenvalue weighted by Crippen LogP contribution is -2.33. The molecule has 1 saturated heterocycles. The Balaban J connectivity index is 1.07. The molecule has 9 heteroatoms. The van der Waals surface area contributed by atoms with Crippen molar-refractivity contribution in [1.29, 1.82) is 0 Å². The summed E-state index contributed by atoms with van der Waals surface area (Å²) in [5, 5.41) is 6.09. The average molecular weight is 623 g/mol. The second-order valence-corrected chi connectivity index (χ2v) is 14.0. The second-order valence-electron chi connectivity index (χ2n) is 12.0. The maximum absolute atomic E-state index is 13.7. The topological polar surface area (TPSA) is 107 Å². The first kappa shape index (κ1) is 29.3. The fourth-order valence-electron chi connectivity index (χ4n) is 6.72. The van der Waals surface area contributed by atoms with Gasteiger partial charge >= 0.3 is 5.69 Å². The molecule has 1 unspecified atom stereocenters. The molecule has 230 valence electrons. The van der Waals surface area contributed by atoms with E-state index in [4.69, 9.17) is 9.47 Å². The van der Waals surface area contributed by atoms with Crippen molar-refractivity contribution in [2.75, 3.05) is 12.4 Å². The van der Waals surface area contributed by atoms with Crippen molar-refractivity contribution in [1.82, 2.24) is 9.55 Å². The highest BCUT2D eigenvalue weighted by atomic mass is 32.2. The Morgan fingerprint density at radius 2 is 1.58 bits per heavy atom. The molecule has 8 nitrogen and oxygen atoms in total. The molecule has 3 atom stereocenters. The molecule has 6 aromatic rings. The number of nitrogens with one attached hydrogen (secondary N) is 1. The first-order valence-electron chi connectivity index (χ1n) is 15.3. The van der Waals surface area contributed by atoms with Gasteiger partial charge < -0.3 is 9.47 Å². The van der Waals surface area contributed by atoms with Crippen LogP contribution < -0.4 is 16.0 Å². The lowest BCUT2D eigenvalue weighted by Gasteiger charge is -2.19. The van der Waals surface area contributed by atoms with Crippen molar-refractivity contribution in [3.05, 3.63) is 118 Å². The van der Waals surface area contributed by atoms with Crippen molar-refractivity contribution in [2.24, 2.45) is 5.92 Å². The van der Waals surface area contributed by atoms with Gasteiger partial charge in [0.1, 0.15) is 18.6 Å². The fourth-order valence-corrected chi connectivity index (χ4v) is 8.31. The minimum Gasteiger partial charge on any atom is -0.491 e. The van der Waals surface area contributed by atoms with E-state index >= 15 is 0 Å². The van der Waals surface area contributed by atoms with E-state index in [-0.39, 0.29) is 17.8 Å². The minimum atomic E-state index is -3.54. The molecule has 7 rings (SSSR count). The van der Waals surface area contributed by atoms with Crippen molar-refractivity contribution in [2.45, 2.75) is 49.8 Å². The smallest absolute Gasteiger partial charge is 0.330 e. The first-order valence-corrected chi connectivity index (χ1v) is 17.0. The van der Waals surface area contributed by atoms with Gasteiger partial charge in [0.25, 0.3) is 5.56 Å². The van der Waals surface area contributed by atoms with Crippen molar-refractivity contribution < 1.29 is 17.9 Å². The van der Waals surface area contributed by atoms with Crippen molar-refractivity contribution in [3.8, 4) is 5.75 Å². The molecule has 0 spiro atoms. The van der Waals surface area contributed by atoms with E-state index in [2.05, 4.69) is 29.2 Å². The van der Waals surface area contributed by atoms with Crippen LogP contribution in [-0.4, -0.2) is 36.4 Å². The van der Waals surface area contributed by atoms with E-state index < -0.39 is 27.3 Å². The Morgan fingerprint density at radius 1 is 0.867 bits per heavy atom. The van der Waals surface area contributed by atoms with Crippen LogP contribution in [0, 0.1) is 12.8 Å². The number of aromatic amines is 1. The van der Waals surface area contributed by atoms with Crippen LogP contribution in [0.1, 0.15) is 37.5 Å². The van der Waals surface area contributed by atoms with E-state index in [0.717, 1.165) is 38.1 Å². The molecular formula is C36H34N2O6S. The van der Waals surface area contributed by atoms with Crippen LogP contribution in [0.25, 0.3) is 32.3 Å². The largest absolute Gasteiger partial charge is 0.491 e. The number of sulfone groups is 1. The fraction of sp³-hybridized carbons (Fsp3) is 0.278. The van der Waals surface area contributed by atoms with Gasteiger partial charge in [0, 0.05) is 17.1 Å². The summed E-state index contributed by atoms with van der Waals surface area (Å²) < 4.78 is 41.2. The number of nitrogens with zero attached hydrogens (tertiary/aromatic N) is 1. The van der Waals surface area contributed by atoms with E-state index in [0.29, 0.717) is 42.7 Å². The molecule has 1 aliphatic rings. The van der Waals surface area contributed by atoms with Crippen molar-refractivity contribution in [3.63, 3.8) is 0 Å². The van der Waals surface area contributed by atoms with Gasteiger partial charge in [-0.1, -0.05) is 73.2 Å². The summed E-state index contributed by atoms with van der Waals surface area (Å²) in [6, 6.07) is 27.3. The third-order valence-electron chi connectivity index (χ3n) is 9.04. The molecule has 45 heavy (non-hydrogen) atoms. The molecule has 1 fully saturated rings. The minimum absolute atomic E-state index is 0.0371. The van der Waals surface area contributed by atoms with Crippen LogP contribution >= 0.6 is 0 Å². The van der Waals surface area contributed by atoms with Gasteiger partial charge in [-0.3, -0.25) is 14.3 Å². The van der Waals surface area contributed by atoms with Gasteiger partial charge in [-0.15, -0.1) is 0 Å². The number of unbranched alkanes of at least 4 members (excludes halogenated alkanes) is 1. The Hall–Kier alpha value is -4.47. The summed E-state index contributed by atoms with van der Waals surface area (Å²) in [4.78, 5) is 27.3. The summed E-state index contributed by atoms with van der Waals surface area (Å²) in [5.74, 6) is 0.799. The number of benzene rings is 5. The van der Waals surface area contributed by atoms with Crippen LogP contribution in [0.4, 0.5) is 0 Å². The van der Waals surface area contributed by atoms with Crippen molar-refractivity contribution >= 4 is 42.2 Å². The maximum Gasteiger partial charge on any atom is 0.330 e.